The lowest BCUT2D eigenvalue weighted by Gasteiger charge is -2.10. The molecule has 2 aromatic rings. The van der Waals surface area contributed by atoms with E-state index < -0.39 is 24.4 Å². The van der Waals surface area contributed by atoms with Crippen molar-refractivity contribution in [3.05, 3.63) is 53.1 Å². The van der Waals surface area contributed by atoms with E-state index >= 15 is 0 Å². The second-order valence-corrected chi connectivity index (χ2v) is 6.67. The highest BCUT2D eigenvalue weighted by atomic mass is 35.5. The normalized spacial score (nSPS) is 10.1. The van der Waals surface area contributed by atoms with Crippen LogP contribution in [0.5, 0.6) is 5.75 Å². The second-order valence-electron chi connectivity index (χ2n) is 6.24. The third-order valence-electron chi connectivity index (χ3n) is 3.93. The average molecular weight is 433 g/mol. The van der Waals surface area contributed by atoms with Crippen LogP contribution >= 0.6 is 11.6 Å². The highest BCUT2D eigenvalue weighted by Crippen LogP contribution is 2.27. The van der Waals surface area contributed by atoms with Gasteiger partial charge in [0.2, 0.25) is 5.91 Å². The molecule has 0 unspecified atom stereocenters. The Hall–Kier alpha value is -3.39. The van der Waals surface area contributed by atoms with Crippen LogP contribution in [0.1, 0.15) is 30.1 Å². The van der Waals surface area contributed by atoms with E-state index in [1.54, 1.807) is 36.4 Å². The number of carbonyl (C=O) groups excluding carboxylic acids is 4. The van der Waals surface area contributed by atoms with Gasteiger partial charge in [-0.2, -0.15) is 0 Å². The average Bonchev–Trinajstić information content (AvgIpc) is 2.71. The van der Waals surface area contributed by atoms with E-state index in [9.17, 15) is 19.2 Å². The minimum atomic E-state index is -0.690. The fourth-order valence-corrected chi connectivity index (χ4v) is 2.58. The molecule has 0 saturated carbocycles. The molecule has 158 valence electrons. The topological polar surface area (TPSA) is 111 Å². The predicted molar refractivity (Wildman–Crippen MR) is 112 cm³/mol. The molecule has 0 saturated heterocycles. The number of ketones is 1. The lowest BCUT2D eigenvalue weighted by molar-refractivity contribution is -0.147. The minimum Gasteiger partial charge on any atom is -0.495 e. The molecule has 9 heteroatoms. The van der Waals surface area contributed by atoms with E-state index in [1.807, 2.05) is 0 Å². The Bertz CT molecular complexity index is 943. The fourth-order valence-electron chi connectivity index (χ4n) is 2.41. The lowest BCUT2D eigenvalue weighted by Crippen LogP contribution is -2.21. The number of carbonyl (C=O) groups is 4. The quantitative estimate of drug-likeness (QED) is 0.463. The Morgan fingerprint density at radius 1 is 0.933 bits per heavy atom. The van der Waals surface area contributed by atoms with Gasteiger partial charge in [0.15, 0.2) is 12.4 Å². The largest absolute Gasteiger partial charge is 0.495 e. The van der Waals surface area contributed by atoms with E-state index in [2.05, 4.69) is 10.6 Å². The summed E-state index contributed by atoms with van der Waals surface area (Å²) in [6.45, 7) is 0.954. The van der Waals surface area contributed by atoms with E-state index in [1.165, 1.54) is 20.1 Å². The molecule has 2 N–H and O–H groups in total. The molecule has 0 spiro atoms. The van der Waals surface area contributed by atoms with Gasteiger partial charge in [-0.05, 0) is 49.4 Å². The van der Waals surface area contributed by atoms with Crippen molar-refractivity contribution in [2.75, 3.05) is 24.4 Å². The maximum atomic E-state index is 12.0. The molecule has 0 aromatic heterocycles. The zero-order chi connectivity index (χ0) is 22.1. The Morgan fingerprint density at radius 2 is 1.63 bits per heavy atom. The number of hydrogen-bond donors (Lipinski definition) is 2. The molecule has 2 aromatic carbocycles. The van der Waals surface area contributed by atoms with Gasteiger partial charge in [-0.1, -0.05) is 11.6 Å². The molecule has 0 bridgehead atoms. The van der Waals surface area contributed by atoms with Crippen molar-refractivity contribution in [1.29, 1.82) is 0 Å². The molecule has 0 atom stereocenters. The van der Waals surface area contributed by atoms with Crippen molar-refractivity contribution in [2.24, 2.45) is 0 Å². The number of rotatable bonds is 9. The van der Waals surface area contributed by atoms with E-state index in [0.29, 0.717) is 27.7 Å². The number of anilines is 2. The summed E-state index contributed by atoms with van der Waals surface area (Å²) in [6, 6.07) is 11.1. The molecular weight excluding hydrogens is 412 g/mol. The molecule has 0 fully saturated rings. The first-order valence-corrected chi connectivity index (χ1v) is 9.36. The van der Waals surface area contributed by atoms with Gasteiger partial charge in [0.05, 0.1) is 19.2 Å². The monoisotopic (exact) mass is 432 g/mol. The number of methoxy groups -OCH3 is 1. The number of benzene rings is 2. The summed E-state index contributed by atoms with van der Waals surface area (Å²) in [6.07, 6.45) is -0.335. The van der Waals surface area contributed by atoms with Crippen molar-refractivity contribution in [1.82, 2.24) is 0 Å². The van der Waals surface area contributed by atoms with Crippen LogP contribution in [0.25, 0.3) is 0 Å². The third kappa shape index (κ3) is 7.21. The summed E-state index contributed by atoms with van der Waals surface area (Å²) in [4.78, 5) is 46.9. The van der Waals surface area contributed by atoms with E-state index in [4.69, 9.17) is 21.1 Å². The van der Waals surface area contributed by atoms with Crippen molar-refractivity contribution in [3.8, 4) is 5.75 Å². The van der Waals surface area contributed by atoms with Crippen LogP contribution in [0.2, 0.25) is 5.02 Å². The van der Waals surface area contributed by atoms with E-state index in [0.717, 1.165) is 0 Å². The van der Waals surface area contributed by atoms with Gasteiger partial charge >= 0.3 is 5.97 Å². The Morgan fingerprint density at radius 3 is 2.27 bits per heavy atom. The number of Topliss-reactive ketones (excluding diaryl/α,β-unsaturated/α-hetero) is 1. The summed E-state index contributed by atoms with van der Waals surface area (Å²) < 4.78 is 10.0. The number of hydrogen-bond acceptors (Lipinski definition) is 6. The molecular formula is C21H21ClN2O6. The third-order valence-corrected chi connectivity index (χ3v) is 4.17. The van der Waals surface area contributed by atoms with Crippen LogP contribution in [0.15, 0.2) is 42.5 Å². The number of nitrogens with one attached hydrogen (secondary N) is 2. The van der Waals surface area contributed by atoms with Crippen LogP contribution in [-0.2, 0) is 19.1 Å². The summed E-state index contributed by atoms with van der Waals surface area (Å²) in [5, 5.41) is 5.58. The van der Waals surface area contributed by atoms with Crippen molar-refractivity contribution in [3.63, 3.8) is 0 Å². The van der Waals surface area contributed by atoms with Gasteiger partial charge in [-0.3, -0.25) is 19.2 Å². The molecule has 0 aliphatic heterocycles. The first kappa shape index (κ1) is 22.9. The smallest absolute Gasteiger partial charge is 0.306 e. The number of amides is 2. The van der Waals surface area contributed by atoms with Crippen LogP contribution in [0, 0.1) is 0 Å². The Kier molecular flexibility index (Phi) is 8.37. The zero-order valence-corrected chi connectivity index (χ0v) is 17.2. The standard InChI is InChI=1S/C21H21ClN2O6/c1-13(25)14-3-6-16(7-4-14)23-20(27)12-30-21(28)10-9-19(26)24-17-11-15(22)5-8-18(17)29-2/h3-8,11H,9-10,12H2,1-2H3,(H,23,27)(H,24,26). The number of ether oxygens (including phenoxy) is 2. The molecule has 30 heavy (non-hydrogen) atoms. The van der Waals surface area contributed by atoms with Crippen LogP contribution in [-0.4, -0.2) is 37.3 Å². The summed E-state index contributed by atoms with van der Waals surface area (Å²) in [5.74, 6) is -1.30. The van der Waals surface area contributed by atoms with Gasteiger partial charge in [-0.25, -0.2) is 0 Å². The Labute approximate surface area is 178 Å². The van der Waals surface area contributed by atoms with Crippen molar-refractivity contribution < 1.29 is 28.7 Å². The first-order valence-electron chi connectivity index (χ1n) is 8.98. The molecule has 8 nitrogen and oxygen atoms in total. The predicted octanol–water partition coefficient (Wildman–Crippen LogP) is 3.45. The summed E-state index contributed by atoms with van der Waals surface area (Å²) in [7, 11) is 1.46. The number of esters is 1. The zero-order valence-electron chi connectivity index (χ0n) is 16.5. The maximum absolute atomic E-state index is 12.0. The maximum Gasteiger partial charge on any atom is 0.306 e. The highest BCUT2D eigenvalue weighted by molar-refractivity contribution is 6.31. The molecule has 2 rings (SSSR count). The Balaban J connectivity index is 1.74. The molecule has 0 radical (unpaired) electrons. The van der Waals surface area contributed by atoms with Gasteiger partial charge in [0.25, 0.3) is 5.91 Å². The molecule has 0 aliphatic rings. The molecule has 2 amide bonds. The number of halogens is 1. The van der Waals surface area contributed by atoms with Gasteiger partial charge in [0.1, 0.15) is 5.75 Å². The highest BCUT2D eigenvalue weighted by Gasteiger charge is 2.13. The first-order chi connectivity index (χ1) is 14.3. The SMILES string of the molecule is COc1ccc(Cl)cc1NC(=O)CCC(=O)OCC(=O)Nc1ccc(C(C)=O)cc1. The van der Waals surface area contributed by atoms with Crippen molar-refractivity contribution >= 4 is 46.5 Å². The van der Waals surface area contributed by atoms with Crippen molar-refractivity contribution in [2.45, 2.75) is 19.8 Å². The van der Waals surface area contributed by atoms with E-state index in [-0.39, 0.29) is 18.6 Å². The second kappa shape index (κ2) is 11.0. The fraction of sp³-hybridized carbons (Fsp3) is 0.238. The minimum absolute atomic E-state index is 0.0837. The lowest BCUT2D eigenvalue weighted by atomic mass is 10.1. The molecule has 0 heterocycles. The van der Waals surface area contributed by atoms with Crippen LogP contribution in [0.4, 0.5) is 11.4 Å². The van der Waals surface area contributed by atoms with Crippen LogP contribution < -0.4 is 15.4 Å². The van der Waals surface area contributed by atoms with Crippen LogP contribution in [0.3, 0.4) is 0 Å². The summed E-state index contributed by atoms with van der Waals surface area (Å²) in [5.41, 5.74) is 1.38. The van der Waals surface area contributed by atoms with Gasteiger partial charge in [0, 0.05) is 22.7 Å². The van der Waals surface area contributed by atoms with Gasteiger partial charge < -0.3 is 20.1 Å². The molecule has 0 aliphatic carbocycles. The van der Waals surface area contributed by atoms with Gasteiger partial charge in [-0.15, -0.1) is 0 Å². The summed E-state index contributed by atoms with van der Waals surface area (Å²) >= 11 is 5.90.